The summed E-state index contributed by atoms with van der Waals surface area (Å²) >= 11 is 0. The Kier molecular flexibility index (Phi) is 5.78. The summed E-state index contributed by atoms with van der Waals surface area (Å²) in [5, 5.41) is 3.75. The summed E-state index contributed by atoms with van der Waals surface area (Å²) in [6, 6.07) is 7.92. The molecule has 1 rings (SSSR count). The van der Waals surface area contributed by atoms with Gasteiger partial charge in [0.1, 0.15) is 0 Å². The molecule has 0 unspecified atom stereocenters. The second kappa shape index (κ2) is 6.94. The Morgan fingerprint density at radius 2 is 1.86 bits per heavy atom. The van der Waals surface area contributed by atoms with Gasteiger partial charge in [-0.1, -0.05) is 56.7 Å². The Morgan fingerprint density at radius 1 is 1.29 bits per heavy atom. The van der Waals surface area contributed by atoms with E-state index in [4.69, 9.17) is 9.96 Å². The third kappa shape index (κ3) is 5.05. The van der Waals surface area contributed by atoms with E-state index in [0.717, 1.165) is 16.7 Å². The van der Waals surface area contributed by atoms with Crippen molar-refractivity contribution in [1.82, 2.24) is 0 Å². The van der Waals surface area contributed by atoms with Crippen LogP contribution < -0.4 is 0 Å². The summed E-state index contributed by atoms with van der Waals surface area (Å²) < 4.78 is 6.18. The van der Waals surface area contributed by atoms with Gasteiger partial charge in [0.05, 0.1) is 13.2 Å². The van der Waals surface area contributed by atoms with Gasteiger partial charge in [-0.15, -0.1) is 0 Å². The van der Waals surface area contributed by atoms with Crippen LogP contribution in [0.25, 0.3) is 16.0 Å². The number of nitrogens with zero attached hydrogens (tertiary/aromatic N) is 3. The smallest absolute Gasteiger partial charge is 0.192 e. The molecule has 0 atom stereocenters. The quantitative estimate of drug-likeness (QED) is 0.295. The lowest BCUT2D eigenvalue weighted by atomic mass is 10.1. The van der Waals surface area contributed by atoms with Gasteiger partial charge in [0.15, 0.2) is 8.32 Å². The summed E-state index contributed by atoms with van der Waals surface area (Å²) in [7, 11) is -1.75. The molecule has 0 aromatic heterocycles. The zero-order valence-corrected chi connectivity index (χ0v) is 14.7. The molecular formula is C16H25N3OSi. The molecule has 21 heavy (non-hydrogen) atoms. The minimum absolute atomic E-state index is 0.201. The van der Waals surface area contributed by atoms with E-state index in [2.05, 4.69) is 50.5 Å². The van der Waals surface area contributed by atoms with E-state index in [-0.39, 0.29) is 5.04 Å². The summed E-state index contributed by atoms with van der Waals surface area (Å²) in [4.78, 5) is 2.76. The molecule has 0 saturated carbocycles. The Hall–Kier alpha value is -1.55. The molecule has 0 aliphatic heterocycles. The molecule has 0 saturated heterocycles. The van der Waals surface area contributed by atoms with Crippen molar-refractivity contribution < 1.29 is 4.43 Å². The number of azide groups is 1. The fourth-order valence-electron chi connectivity index (χ4n) is 1.53. The van der Waals surface area contributed by atoms with Crippen molar-refractivity contribution in [3.63, 3.8) is 0 Å². The molecule has 0 amide bonds. The standard InChI is InChI=1S/C16H25N3OSi/c1-13(12-20-21(5,6)16(2,3)4)15-9-7-14(8-10-15)11-18-19-17/h7-10H,1,11-12H2,2-6H3. The van der Waals surface area contributed by atoms with E-state index in [0.29, 0.717) is 13.2 Å². The molecule has 0 spiro atoms. The number of hydrogen-bond donors (Lipinski definition) is 0. The number of benzene rings is 1. The van der Waals surface area contributed by atoms with Gasteiger partial charge in [-0.3, -0.25) is 0 Å². The van der Waals surface area contributed by atoms with Crippen LogP contribution in [0.15, 0.2) is 36.0 Å². The molecular weight excluding hydrogens is 278 g/mol. The molecule has 0 aliphatic rings. The van der Waals surface area contributed by atoms with E-state index in [1.54, 1.807) is 0 Å². The first kappa shape index (κ1) is 17.5. The summed E-state index contributed by atoms with van der Waals surface area (Å²) in [6.07, 6.45) is 0. The first-order valence-corrected chi connectivity index (χ1v) is 10.00. The van der Waals surface area contributed by atoms with Gasteiger partial charge in [0.2, 0.25) is 0 Å². The second-order valence-electron chi connectivity index (χ2n) is 6.74. The van der Waals surface area contributed by atoms with Crippen molar-refractivity contribution in [2.24, 2.45) is 5.11 Å². The van der Waals surface area contributed by atoms with E-state index >= 15 is 0 Å². The summed E-state index contributed by atoms with van der Waals surface area (Å²) in [5.41, 5.74) is 11.4. The van der Waals surface area contributed by atoms with Crippen LogP contribution in [-0.4, -0.2) is 14.9 Å². The largest absolute Gasteiger partial charge is 0.413 e. The number of rotatable bonds is 6. The van der Waals surface area contributed by atoms with E-state index < -0.39 is 8.32 Å². The maximum Gasteiger partial charge on any atom is 0.192 e. The second-order valence-corrected chi connectivity index (χ2v) is 11.5. The predicted molar refractivity (Wildman–Crippen MR) is 91.5 cm³/mol. The molecule has 0 radical (unpaired) electrons. The van der Waals surface area contributed by atoms with E-state index in [1.165, 1.54) is 0 Å². The zero-order valence-electron chi connectivity index (χ0n) is 13.7. The normalized spacial score (nSPS) is 11.9. The topological polar surface area (TPSA) is 58.0 Å². The van der Waals surface area contributed by atoms with Crippen LogP contribution >= 0.6 is 0 Å². The van der Waals surface area contributed by atoms with Crippen molar-refractivity contribution in [2.75, 3.05) is 6.61 Å². The van der Waals surface area contributed by atoms with Crippen molar-refractivity contribution in [3.05, 3.63) is 52.4 Å². The maximum absolute atomic E-state index is 8.31. The minimum Gasteiger partial charge on any atom is -0.413 e. The van der Waals surface area contributed by atoms with Gasteiger partial charge in [-0.2, -0.15) is 0 Å². The first-order valence-electron chi connectivity index (χ1n) is 7.09. The van der Waals surface area contributed by atoms with E-state index in [9.17, 15) is 0 Å². The fraction of sp³-hybridized carbons (Fsp3) is 0.500. The van der Waals surface area contributed by atoms with Gasteiger partial charge >= 0.3 is 0 Å². The summed E-state index contributed by atoms with van der Waals surface area (Å²) in [5.74, 6) is 0. The molecule has 1 aromatic rings. The van der Waals surface area contributed by atoms with Gasteiger partial charge in [0, 0.05) is 4.91 Å². The van der Waals surface area contributed by atoms with Gasteiger partial charge < -0.3 is 4.43 Å². The third-order valence-electron chi connectivity index (χ3n) is 4.09. The van der Waals surface area contributed by atoms with E-state index in [1.807, 2.05) is 24.3 Å². The van der Waals surface area contributed by atoms with Crippen LogP contribution in [0.2, 0.25) is 18.1 Å². The average molecular weight is 303 g/mol. The van der Waals surface area contributed by atoms with Crippen LogP contribution in [0.3, 0.4) is 0 Å². The lowest BCUT2D eigenvalue weighted by Crippen LogP contribution is -2.41. The van der Waals surface area contributed by atoms with Crippen LogP contribution in [0.1, 0.15) is 31.9 Å². The Labute approximate surface area is 128 Å². The van der Waals surface area contributed by atoms with Crippen LogP contribution in [0.5, 0.6) is 0 Å². The maximum atomic E-state index is 8.31. The highest BCUT2D eigenvalue weighted by atomic mass is 28.4. The van der Waals surface area contributed by atoms with Crippen molar-refractivity contribution in [1.29, 1.82) is 0 Å². The van der Waals surface area contributed by atoms with Crippen molar-refractivity contribution >= 4 is 13.9 Å². The van der Waals surface area contributed by atoms with Gasteiger partial charge in [-0.25, -0.2) is 0 Å². The van der Waals surface area contributed by atoms with Gasteiger partial charge in [-0.05, 0) is 40.4 Å². The lowest BCUT2D eigenvalue weighted by Gasteiger charge is -2.36. The first-order chi connectivity index (χ1) is 9.67. The molecule has 114 valence electrons. The van der Waals surface area contributed by atoms with Crippen molar-refractivity contribution in [3.8, 4) is 0 Å². The highest BCUT2D eigenvalue weighted by Crippen LogP contribution is 2.37. The molecule has 0 heterocycles. The van der Waals surface area contributed by atoms with Gasteiger partial charge in [0.25, 0.3) is 0 Å². The van der Waals surface area contributed by atoms with Crippen LogP contribution in [-0.2, 0) is 11.0 Å². The predicted octanol–water partition coefficient (Wildman–Crippen LogP) is 5.53. The minimum atomic E-state index is -1.75. The fourth-order valence-corrected chi connectivity index (χ4v) is 2.49. The molecule has 0 fully saturated rings. The average Bonchev–Trinajstić information content (AvgIpc) is 2.42. The zero-order chi connectivity index (χ0) is 16.1. The Morgan fingerprint density at radius 3 is 2.33 bits per heavy atom. The molecule has 1 aromatic carbocycles. The molecule has 5 heteroatoms. The van der Waals surface area contributed by atoms with Crippen LogP contribution in [0.4, 0.5) is 0 Å². The Bertz CT molecular complexity index is 538. The molecule has 0 aliphatic carbocycles. The molecule has 0 bridgehead atoms. The summed E-state index contributed by atoms with van der Waals surface area (Å²) in [6.45, 7) is 16.2. The third-order valence-corrected chi connectivity index (χ3v) is 8.57. The molecule has 0 N–H and O–H groups in total. The highest BCUT2D eigenvalue weighted by molar-refractivity contribution is 6.74. The highest BCUT2D eigenvalue weighted by Gasteiger charge is 2.37. The Balaban J connectivity index is 2.66. The monoisotopic (exact) mass is 303 g/mol. The molecule has 4 nitrogen and oxygen atoms in total. The lowest BCUT2D eigenvalue weighted by molar-refractivity contribution is 0.334. The van der Waals surface area contributed by atoms with Crippen LogP contribution in [0, 0.1) is 0 Å². The SMILES string of the molecule is C=C(CO[Si](C)(C)C(C)(C)C)c1ccc(CN=[N+]=[N-])cc1. The number of hydrogen-bond acceptors (Lipinski definition) is 2. The van der Waals surface area contributed by atoms with Crippen molar-refractivity contribution in [2.45, 2.75) is 45.4 Å².